The molecule has 1 saturated carbocycles. The van der Waals surface area contributed by atoms with Crippen molar-refractivity contribution in [2.24, 2.45) is 0 Å². The van der Waals surface area contributed by atoms with Gasteiger partial charge in [0, 0.05) is 50.6 Å². The van der Waals surface area contributed by atoms with Crippen LogP contribution >= 0.6 is 11.3 Å². The van der Waals surface area contributed by atoms with Crippen LogP contribution in [0.25, 0.3) is 0 Å². The van der Waals surface area contributed by atoms with Gasteiger partial charge < -0.3 is 10.2 Å². The van der Waals surface area contributed by atoms with Crippen molar-refractivity contribution < 1.29 is 14.4 Å². The van der Waals surface area contributed by atoms with E-state index in [2.05, 4.69) is 27.7 Å². The van der Waals surface area contributed by atoms with Crippen molar-refractivity contribution in [2.75, 3.05) is 32.7 Å². The largest absolute Gasteiger partial charge is 0.340 e. The molecule has 0 atom stereocenters. The van der Waals surface area contributed by atoms with Crippen molar-refractivity contribution in [2.45, 2.75) is 50.6 Å². The van der Waals surface area contributed by atoms with Crippen LogP contribution in [0.5, 0.6) is 0 Å². The molecule has 1 N–H and O–H groups in total. The summed E-state index contributed by atoms with van der Waals surface area (Å²) in [6.45, 7) is 4.24. The predicted molar refractivity (Wildman–Crippen MR) is 107 cm³/mol. The number of carbonyl (C=O) groups is 3. The Bertz CT molecular complexity index is 722. The van der Waals surface area contributed by atoms with E-state index in [1.165, 1.54) is 9.78 Å². The molecule has 0 radical (unpaired) electrons. The average Bonchev–Trinajstić information content (AvgIpc) is 3.29. The third-order valence-corrected chi connectivity index (χ3v) is 7.05. The first kappa shape index (κ1) is 19.4. The Balaban J connectivity index is 1.24. The molecule has 1 aromatic rings. The zero-order valence-corrected chi connectivity index (χ0v) is 17.0. The number of hydrogen-bond donors (Lipinski definition) is 1. The highest BCUT2D eigenvalue weighted by Gasteiger charge is 2.51. The van der Waals surface area contributed by atoms with Gasteiger partial charge in [-0.2, -0.15) is 0 Å². The van der Waals surface area contributed by atoms with Gasteiger partial charge in [-0.15, -0.1) is 11.3 Å². The van der Waals surface area contributed by atoms with Gasteiger partial charge >= 0.3 is 6.03 Å². The molecule has 0 aromatic carbocycles. The van der Waals surface area contributed by atoms with E-state index in [9.17, 15) is 14.4 Å². The van der Waals surface area contributed by atoms with E-state index in [-0.39, 0.29) is 30.8 Å². The number of amides is 4. The fraction of sp³-hybridized carbons (Fsp3) is 0.650. The van der Waals surface area contributed by atoms with Gasteiger partial charge in [0.25, 0.3) is 5.91 Å². The minimum absolute atomic E-state index is 0.0287. The molecule has 0 bridgehead atoms. The first-order valence-electron chi connectivity index (χ1n) is 10.2. The molecule has 1 aliphatic carbocycles. The number of imide groups is 1. The number of thiophene rings is 1. The van der Waals surface area contributed by atoms with Crippen LogP contribution in [0.1, 0.15) is 43.4 Å². The highest BCUT2D eigenvalue weighted by Crippen LogP contribution is 2.33. The first-order chi connectivity index (χ1) is 13.6. The minimum Gasteiger partial charge on any atom is -0.340 e. The Hall–Kier alpha value is -1.93. The molecule has 2 aliphatic heterocycles. The number of carbonyl (C=O) groups excluding carboxylic acids is 3. The molecule has 3 heterocycles. The van der Waals surface area contributed by atoms with Crippen LogP contribution in [0.2, 0.25) is 0 Å². The molecule has 0 unspecified atom stereocenters. The number of nitrogens with one attached hydrogen (secondary N) is 1. The zero-order valence-electron chi connectivity index (χ0n) is 16.2. The second-order valence-electron chi connectivity index (χ2n) is 8.02. The van der Waals surface area contributed by atoms with Crippen molar-refractivity contribution in [1.29, 1.82) is 0 Å². The molecule has 152 valence electrons. The Morgan fingerprint density at radius 3 is 2.54 bits per heavy atom. The number of urea groups is 1. The van der Waals surface area contributed by atoms with Crippen molar-refractivity contribution in [3.8, 4) is 0 Å². The summed E-state index contributed by atoms with van der Waals surface area (Å²) in [4.78, 5) is 44.5. The number of hydrogen-bond acceptors (Lipinski definition) is 5. The van der Waals surface area contributed by atoms with Gasteiger partial charge in [-0.3, -0.25) is 19.4 Å². The lowest BCUT2D eigenvalue weighted by molar-refractivity contribution is -0.135. The summed E-state index contributed by atoms with van der Waals surface area (Å²) in [6.07, 6.45) is 4.69. The Labute approximate surface area is 169 Å². The van der Waals surface area contributed by atoms with Crippen LogP contribution < -0.4 is 5.32 Å². The van der Waals surface area contributed by atoms with Crippen LogP contribution in [0.4, 0.5) is 4.79 Å². The summed E-state index contributed by atoms with van der Waals surface area (Å²) in [5.74, 6) is -0.105. The number of nitrogens with zero attached hydrogens (tertiary/aromatic N) is 3. The van der Waals surface area contributed by atoms with Gasteiger partial charge in [-0.1, -0.05) is 25.3 Å². The molecule has 3 aliphatic rings. The molecule has 7 nitrogen and oxygen atoms in total. The SMILES string of the molecule is O=C(CCN1C(=O)NC2(CCCCC2)C1=O)N1CCN(Cc2cccs2)CC1. The van der Waals surface area contributed by atoms with E-state index < -0.39 is 5.54 Å². The summed E-state index contributed by atoms with van der Waals surface area (Å²) in [5.41, 5.74) is -0.703. The molecule has 4 amide bonds. The Morgan fingerprint density at radius 2 is 1.86 bits per heavy atom. The van der Waals surface area contributed by atoms with E-state index in [0.717, 1.165) is 38.9 Å². The van der Waals surface area contributed by atoms with Crippen LogP contribution in [-0.4, -0.2) is 70.8 Å². The summed E-state index contributed by atoms with van der Waals surface area (Å²) in [6, 6.07) is 3.87. The van der Waals surface area contributed by atoms with E-state index in [0.29, 0.717) is 25.9 Å². The predicted octanol–water partition coefficient (Wildman–Crippen LogP) is 2.04. The molecule has 1 spiro atoms. The number of rotatable bonds is 5. The van der Waals surface area contributed by atoms with Crippen molar-refractivity contribution in [3.05, 3.63) is 22.4 Å². The lowest BCUT2D eigenvalue weighted by atomic mass is 9.82. The van der Waals surface area contributed by atoms with Gasteiger partial charge in [0.05, 0.1) is 0 Å². The fourth-order valence-electron chi connectivity index (χ4n) is 4.52. The topological polar surface area (TPSA) is 73.0 Å². The Morgan fingerprint density at radius 1 is 1.11 bits per heavy atom. The molecule has 28 heavy (non-hydrogen) atoms. The molecule has 8 heteroatoms. The fourth-order valence-corrected chi connectivity index (χ4v) is 5.26. The van der Waals surface area contributed by atoms with E-state index in [1.54, 1.807) is 11.3 Å². The molecule has 3 fully saturated rings. The summed E-state index contributed by atoms with van der Waals surface area (Å²) < 4.78 is 0. The monoisotopic (exact) mass is 404 g/mol. The zero-order chi connectivity index (χ0) is 19.6. The van der Waals surface area contributed by atoms with Gasteiger partial charge in [0.2, 0.25) is 5.91 Å². The molecule has 4 rings (SSSR count). The number of piperazine rings is 1. The minimum atomic E-state index is -0.703. The average molecular weight is 405 g/mol. The second kappa shape index (κ2) is 8.21. The summed E-state index contributed by atoms with van der Waals surface area (Å²) in [7, 11) is 0. The second-order valence-corrected chi connectivity index (χ2v) is 9.05. The van der Waals surface area contributed by atoms with Crippen molar-refractivity contribution >= 4 is 29.2 Å². The molecular weight excluding hydrogens is 376 g/mol. The quantitative estimate of drug-likeness (QED) is 0.763. The molecule has 2 saturated heterocycles. The highest BCUT2D eigenvalue weighted by atomic mass is 32.1. The van der Waals surface area contributed by atoms with Gasteiger partial charge in [-0.25, -0.2) is 4.79 Å². The van der Waals surface area contributed by atoms with Crippen LogP contribution in [0.3, 0.4) is 0 Å². The van der Waals surface area contributed by atoms with E-state index in [1.807, 2.05) is 4.90 Å². The van der Waals surface area contributed by atoms with Crippen molar-refractivity contribution in [3.63, 3.8) is 0 Å². The van der Waals surface area contributed by atoms with Crippen LogP contribution in [-0.2, 0) is 16.1 Å². The Kier molecular flexibility index (Phi) is 5.68. The lowest BCUT2D eigenvalue weighted by Crippen LogP contribution is -2.49. The summed E-state index contributed by atoms with van der Waals surface area (Å²) >= 11 is 1.76. The van der Waals surface area contributed by atoms with E-state index >= 15 is 0 Å². The lowest BCUT2D eigenvalue weighted by Gasteiger charge is -2.34. The van der Waals surface area contributed by atoms with Crippen molar-refractivity contribution in [1.82, 2.24) is 20.0 Å². The highest BCUT2D eigenvalue weighted by molar-refractivity contribution is 7.09. The normalized spacial score (nSPS) is 22.7. The van der Waals surface area contributed by atoms with E-state index in [4.69, 9.17) is 0 Å². The standard InChI is InChI=1S/C20H28N4O3S/c25-17(23-12-10-22(11-13-23)15-16-5-4-14-28-16)6-9-24-18(26)20(21-19(24)27)7-2-1-3-8-20/h4-5,14H,1-3,6-13,15H2,(H,21,27). The van der Waals surface area contributed by atoms with Gasteiger partial charge in [0.1, 0.15) is 5.54 Å². The maximum absolute atomic E-state index is 12.8. The third kappa shape index (κ3) is 3.93. The van der Waals surface area contributed by atoms with Gasteiger partial charge in [0.15, 0.2) is 0 Å². The smallest absolute Gasteiger partial charge is 0.325 e. The molecular formula is C20H28N4O3S. The first-order valence-corrected chi connectivity index (χ1v) is 11.1. The third-order valence-electron chi connectivity index (χ3n) is 6.19. The molecule has 1 aromatic heterocycles. The van der Waals surface area contributed by atoms with Crippen LogP contribution in [0.15, 0.2) is 17.5 Å². The van der Waals surface area contributed by atoms with Gasteiger partial charge in [-0.05, 0) is 24.3 Å². The maximum atomic E-state index is 12.8. The van der Waals surface area contributed by atoms with Crippen LogP contribution in [0, 0.1) is 0 Å². The summed E-state index contributed by atoms with van der Waals surface area (Å²) in [5, 5.41) is 4.99. The maximum Gasteiger partial charge on any atom is 0.325 e.